The molecule has 114 valence electrons. The van der Waals surface area contributed by atoms with Crippen molar-refractivity contribution in [3.8, 4) is 0 Å². The first-order valence-corrected chi connectivity index (χ1v) is 7.81. The van der Waals surface area contributed by atoms with Gasteiger partial charge in [-0.2, -0.15) is 0 Å². The Morgan fingerprint density at radius 2 is 2.18 bits per heavy atom. The maximum Gasteiger partial charge on any atom is 0.223 e. The van der Waals surface area contributed by atoms with Crippen molar-refractivity contribution in [3.63, 3.8) is 0 Å². The molecule has 0 radical (unpaired) electrons. The number of aromatic amines is 1. The summed E-state index contributed by atoms with van der Waals surface area (Å²) in [6.45, 7) is 0. The minimum atomic E-state index is -0.0502. The molecule has 0 spiro atoms. The summed E-state index contributed by atoms with van der Waals surface area (Å²) in [5.74, 6) is 1.12. The SMILES string of the molecule is O=C(N[C@@H](Cc1ncc[nH]1)c1ccccc1)[C@@H]1CC=CCC1. The first-order chi connectivity index (χ1) is 10.8. The fourth-order valence-electron chi connectivity index (χ4n) is 2.86. The van der Waals surface area contributed by atoms with E-state index in [9.17, 15) is 4.79 Å². The average molecular weight is 295 g/mol. The number of carbonyl (C=O) groups excluding carboxylic acids is 1. The summed E-state index contributed by atoms with van der Waals surface area (Å²) in [7, 11) is 0. The third kappa shape index (κ3) is 3.64. The maximum atomic E-state index is 12.5. The van der Waals surface area contributed by atoms with Gasteiger partial charge in [0.2, 0.25) is 5.91 Å². The van der Waals surface area contributed by atoms with Gasteiger partial charge in [0.15, 0.2) is 0 Å². The van der Waals surface area contributed by atoms with E-state index in [1.807, 2.05) is 24.4 Å². The van der Waals surface area contributed by atoms with Crippen molar-refractivity contribution >= 4 is 5.91 Å². The lowest BCUT2D eigenvalue weighted by molar-refractivity contribution is -0.126. The van der Waals surface area contributed by atoms with E-state index in [0.717, 1.165) is 30.7 Å². The van der Waals surface area contributed by atoms with E-state index in [2.05, 4.69) is 39.6 Å². The number of nitrogens with one attached hydrogen (secondary N) is 2. The first kappa shape index (κ1) is 14.6. The van der Waals surface area contributed by atoms with E-state index in [-0.39, 0.29) is 17.9 Å². The van der Waals surface area contributed by atoms with Crippen LogP contribution in [-0.4, -0.2) is 15.9 Å². The highest BCUT2D eigenvalue weighted by Gasteiger charge is 2.23. The third-order valence-electron chi connectivity index (χ3n) is 4.11. The lowest BCUT2D eigenvalue weighted by Gasteiger charge is -2.23. The van der Waals surface area contributed by atoms with E-state index in [1.54, 1.807) is 6.20 Å². The van der Waals surface area contributed by atoms with E-state index in [1.165, 1.54) is 0 Å². The van der Waals surface area contributed by atoms with Crippen LogP contribution in [-0.2, 0) is 11.2 Å². The van der Waals surface area contributed by atoms with E-state index in [0.29, 0.717) is 6.42 Å². The zero-order valence-electron chi connectivity index (χ0n) is 12.5. The predicted molar refractivity (Wildman–Crippen MR) is 86.1 cm³/mol. The largest absolute Gasteiger partial charge is 0.349 e. The molecule has 0 bridgehead atoms. The molecule has 1 aliphatic rings. The van der Waals surface area contributed by atoms with Crippen molar-refractivity contribution in [2.24, 2.45) is 5.92 Å². The first-order valence-electron chi connectivity index (χ1n) is 7.81. The van der Waals surface area contributed by atoms with Gasteiger partial charge in [-0.25, -0.2) is 4.98 Å². The zero-order valence-corrected chi connectivity index (χ0v) is 12.5. The van der Waals surface area contributed by atoms with Crippen LogP contribution in [0, 0.1) is 5.92 Å². The van der Waals surface area contributed by atoms with Crippen LogP contribution < -0.4 is 5.32 Å². The van der Waals surface area contributed by atoms with Crippen LogP contribution in [0.1, 0.15) is 36.7 Å². The second-order valence-electron chi connectivity index (χ2n) is 5.69. The second-order valence-corrected chi connectivity index (χ2v) is 5.69. The van der Waals surface area contributed by atoms with Gasteiger partial charge in [-0.15, -0.1) is 0 Å². The molecule has 1 amide bonds. The van der Waals surface area contributed by atoms with Crippen LogP contribution in [0.25, 0.3) is 0 Å². The van der Waals surface area contributed by atoms with Crippen LogP contribution >= 0.6 is 0 Å². The number of hydrogen-bond donors (Lipinski definition) is 2. The van der Waals surface area contributed by atoms with Gasteiger partial charge in [-0.3, -0.25) is 4.79 Å². The van der Waals surface area contributed by atoms with Crippen LogP contribution in [0.4, 0.5) is 0 Å². The Bertz CT molecular complexity index is 619. The molecule has 1 heterocycles. The molecule has 1 aliphatic carbocycles. The van der Waals surface area contributed by atoms with Crippen LogP contribution in [0.15, 0.2) is 54.9 Å². The summed E-state index contributed by atoms with van der Waals surface area (Å²) in [5.41, 5.74) is 1.11. The zero-order chi connectivity index (χ0) is 15.2. The average Bonchev–Trinajstić information content (AvgIpc) is 3.09. The van der Waals surface area contributed by atoms with Gasteiger partial charge in [-0.1, -0.05) is 42.5 Å². The van der Waals surface area contributed by atoms with Crippen molar-refractivity contribution in [1.29, 1.82) is 0 Å². The molecular weight excluding hydrogens is 274 g/mol. The number of benzene rings is 1. The Morgan fingerprint density at radius 3 is 2.86 bits per heavy atom. The van der Waals surface area contributed by atoms with Gasteiger partial charge < -0.3 is 10.3 Å². The van der Waals surface area contributed by atoms with Crippen molar-refractivity contribution in [1.82, 2.24) is 15.3 Å². The van der Waals surface area contributed by atoms with Crippen molar-refractivity contribution < 1.29 is 4.79 Å². The molecule has 1 aromatic carbocycles. The Kier molecular flexibility index (Phi) is 4.68. The molecule has 4 nitrogen and oxygen atoms in total. The molecule has 0 saturated heterocycles. The van der Waals surface area contributed by atoms with E-state index in [4.69, 9.17) is 0 Å². The summed E-state index contributed by atoms with van der Waals surface area (Å²) in [5, 5.41) is 3.21. The number of rotatable bonds is 5. The molecule has 0 unspecified atom stereocenters. The number of carbonyl (C=O) groups is 1. The lowest BCUT2D eigenvalue weighted by Crippen LogP contribution is -2.35. The smallest absolute Gasteiger partial charge is 0.223 e. The molecule has 0 fully saturated rings. The highest BCUT2D eigenvalue weighted by atomic mass is 16.1. The number of nitrogens with zero attached hydrogens (tertiary/aromatic N) is 1. The topological polar surface area (TPSA) is 57.8 Å². The molecule has 2 aromatic rings. The van der Waals surface area contributed by atoms with E-state index < -0.39 is 0 Å². The summed E-state index contributed by atoms with van der Waals surface area (Å²) in [6.07, 6.45) is 11.3. The fourth-order valence-corrected chi connectivity index (χ4v) is 2.86. The van der Waals surface area contributed by atoms with Gasteiger partial charge >= 0.3 is 0 Å². The molecule has 3 rings (SSSR count). The summed E-state index contributed by atoms with van der Waals surface area (Å²) >= 11 is 0. The molecule has 22 heavy (non-hydrogen) atoms. The molecule has 2 N–H and O–H groups in total. The van der Waals surface area contributed by atoms with Crippen molar-refractivity contribution in [2.45, 2.75) is 31.7 Å². The number of H-pyrrole nitrogens is 1. The Morgan fingerprint density at radius 1 is 1.32 bits per heavy atom. The summed E-state index contributed by atoms with van der Waals surface area (Å²) in [4.78, 5) is 19.9. The lowest BCUT2D eigenvalue weighted by atomic mass is 9.92. The maximum absolute atomic E-state index is 12.5. The minimum absolute atomic E-state index is 0.0502. The highest BCUT2D eigenvalue weighted by molar-refractivity contribution is 5.79. The molecule has 1 aromatic heterocycles. The number of allylic oxidation sites excluding steroid dienone is 2. The summed E-state index contributed by atoms with van der Waals surface area (Å²) in [6, 6.07) is 10.0. The molecule has 0 aliphatic heterocycles. The minimum Gasteiger partial charge on any atom is -0.349 e. The Balaban J connectivity index is 1.73. The molecule has 4 heteroatoms. The normalized spacial score (nSPS) is 18.8. The van der Waals surface area contributed by atoms with Gasteiger partial charge in [-0.05, 0) is 24.8 Å². The quantitative estimate of drug-likeness (QED) is 0.832. The monoisotopic (exact) mass is 295 g/mol. The van der Waals surface area contributed by atoms with Gasteiger partial charge in [0.25, 0.3) is 0 Å². The molecule has 0 saturated carbocycles. The standard InChI is InChI=1S/C18H21N3O/c22-18(15-9-5-2-6-10-15)21-16(13-17-19-11-12-20-17)14-7-3-1-4-8-14/h1-5,7-8,11-12,15-16H,6,9-10,13H2,(H,19,20)(H,21,22)/t15-,16+/m1/s1. The number of imidazole rings is 1. The number of amides is 1. The van der Waals surface area contributed by atoms with E-state index >= 15 is 0 Å². The number of aromatic nitrogens is 2. The Hall–Kier alpha value is -2.36. The predicted octanol–water partition coefficient (Wildman–Crippen LogP) is 3.17. The van der Waals surface area contributed by atoms with Gasteiger partial charge in [0.05, 0.1) is 6.04 Å². The van der Waals surface area contributed by atoms with Crippen molar-refractivity contribution in [2.75, 3.05) is 0 Å². The summed E-state index contributed by atoms with van der Waals surface area (Å²) < 4.78 is 0. The highest BCUT2D eigenvalue weighted by Crippen LogP contribution is 2.22. The third-order valence-corrected chi connectivity index (χ3v) is 4.11. The Labute approximate surface area is 130 Å². The molecular formula is C18H21N3O. The number of hydrogen-bond acceptors (Lipinski definition) is 2. The molecule has 2 atom stereocenters. The van der Waals surface area contributed by atoms with Crippen LogP contribution in [0.2, 0.25) is 0 Å². The fraction of sp³-hybridized carbons (Fsp3) is 0.333. The van der Waals surface area contributed by atoms with Crippen LogP contribution in [0.3, 0.4) is 0 Å². The van der Waals surface area contributed by atoms with Gasteiger partial charge in [0, 0.05) is 24.7 Å². The van der Waals surface area contributed by atoms with Gasteiger partial charge in [0.1, 0.15) is 5.82 Å². The van der Waals surface area contributed by atoms with Crippen LogP contribution in [0.5, 0.6) is 0 Å². The second kappa shape index (κ2) is 7.07. The van der Waals surface area contributed by atoms with Crippen molar-refractivity contribution in [3.05, 3.63) is 66.3 Å².